The van der Waals surface area contributed by atoms with Crippen molar-refractivity contribution in [3.8, 4) is 5.69 Å². The van der Waals surface area contributed by atoms with Crippen LogP contribution in [-0.4, -0.2) is 69.9 Å². The number of ether oxygens (including phenoxy) is 1. The van der Waals surface area contributed by atoms with Gasteiger partial charge in [0.1, 0.15) is 6.20 Å². The molecule has 1 aliphatic heterocycles. The average Bonchev–Trinajstić information content (AvgIpc) is 3.18. The zero-order valence-electron chi connectivity index (χ0n) is 15.7. The molecule has 4 rings (SSSR count). The maximum absolute atomic E-state index is 12.5. The minimum Gasteiger partial charge on any atom is -0.379 e. The zero-order chi connectivity index (χ0) is 20.2. The quantitative estimate of drug-likeness (QED) is 0.494. The number of hydrogen-bond donors (Lipinski definition) is 1. The number of morpholine rings is 1. The van der Waals surface area contributed by atoms with E-state index < -0.39 is 4.92 Å². The van der Waals surface area contributed by atoms with Gasteiger partial charge in [-0.25, -0.2) is 9.67 Å². The Balaban J connectivity index is 1.47. The van der Waals surface area contributed by atoms with Gasteiger partial charge in [-0.2, -0.15) is 5.10 Å². The third-order valence-electron chi connectivity index (χ3n) is 4.77. The van der Waals surface area contributed by atoms with E-state index in [9.17, 15) is 14.9 Å². The standard InChI is InChI=1S/C19H20N6O4/c26-19(20-4-5-23-6-8-29-9-7-23)14-2-1-3-16(10-14)24-18-15(12-22-24)11-17(13-21-18)25(27)28/h1-3,10-13H,4-9H2,(H,20,26). The highest BCUT2D eigenvalue weighted by Crippen LogP contribution is 2.21. The lowest BCUT2D eigenvalue weighted by atomic mass is 10.2. The van der Waals surface area contributed by atoms with E-state index in [1.54, 1.807) is 28.9 Å². The SMILES string of the molecule is O=C(NCCN1CCOCC1)c1cccc(-n2ncc3cc([N+](=O)[O-])cnc32)c1. The highest BCUT2D eigenvalue weighted by Gasteiger charge is 2.14. The molecular weight excluding hydrogens is 376 g/mol. The molecule has 0 unspecified atom stereocenters. The summed E-state index contributed by atoms with van der Waals surface area (Å²) in [7, 11) is 0. The predicted octanol–water partition coefficient (Wildman–Crippen LogP) is 1.39. The summed E-state index contributed by atoms with van der Waals surface area (Å²) in [4.78, 5) is 29.3. The van der Waals surface area contributed by atoms with Crippen LogP contribution in [0.5, 0.6) is 0 Å². The molecule has 0 aliphatic carbocycles. The fraction of sp³-hybridized carbons (Fsp3) is 0.316. The summed E-state index contributed by atoms with van der Waals surface area (Å²) < 4.78 is 6.88. The highest BCUT2D eigenvalue weighted by molar-refractivity contribution is 5.94. The summed E-state index contributed by atoms with van der Waals surface area (Å²) in [6, 6.07) is 8.45. The van der Waals surface area contributed by atoms with Crippen LogP contribution >= 0.6 is 0 Å². The maximum atomic E-state index is 12.5. The lowest BCUT2D eigenvalue weighted by Crippen LogP contribution is -2.41. The molecule has 0 spiro atoms. The van der Waals surface area contributed by atoms with Crippen LogP contribution in [0.3, 0.4) is 0 Å². The molecule has 10 nitrogen and oxygen atoms in total. The van der Waals surface area contributed by atoms with Crippen LogP contribution in [0, 0.1) is 10.1 Å². The number of aromatic nitrogens is 3. The Labute approximate surface area is 166 Å². The van der Waals surface area contributed by atoms with E-state index in [4.69, 9.17) is 4.74 Å². The summed E-state index contributed by atoms with van der Waals surface area (Å²) >= 11 is 0. The van der Waals surface area contributed by atoms with E-state index >= 15 is 0 Å². The summed E-state index contributed by atoms with van der Waals surface area (Å²) in [5.41, 5.74) is 1.56. The third-order valence-corrected chi connectivity index (χ3v) is 4.77. The van der Waals surface area contributed by atoms with Gasteiger partial charge in [-0.15, -0.1) is 0 Å². The van der Waals surface area contributed by atoms with E-state index in [1.165, 1.54) is 18.5 Å². The molecule has 0 radical (unpaired) electrons. The summed E-state index contributed by atoms with van der Waals surface area (Å²) in [5, 5.41) is 18.7. The number of nitrogens with one attached hydrogen (secondary N) is 1. The lowest BCUT2D eigenvalue weighted by molar-refractivity contribution is -0.385. The molecule has 0 atom stereocenters. The molecule has 1 N–H and O–H groups in total. The molecule has 29 heavy (non-hydrogen) atoms. The van der Waals surface area contributed by atoms with E-state index in [-0.39, 0.29) is 11.6 Å². The average molecular weight is 396 g/mol. The second kappa shape index (κ2) is 8.33. The Morgan fingerprint density at radius 2 is 2.07 bits per heavy atom. The van der Waals surface area contributed by atoms with Crippen molar-refractivity contribution in [1.82, 2.24) is 25.0 Å². The Hall–Kier alpha value is -3.37. The maximum Gasteiger partial charge on any atom is 0.288 e. The first-order valence-corrected chi connectivity index (χ1v) is 9.29. The molecule has 1 fully saturated rings. The lowest BCUT2D eigenvalue weighted by Gasteiger charge is -2.26. The topological polar surface area (TPSA) is 115 Å². The molecule has 1 amide bonds. The van der Waals surface area contributed by atoms with Gasteiger partial charge in [0.05, 0.1) is 30.0 Å². The van der Waals surface area contributed by atoms with Gasteiger partial charge in [-0.1, -0.05) is 6.07 Å². The number of rotatable bonds is 6. The summed E-state index contributed by atoms with van der Waals surface area (Å²) in [5.74, 6) is -0.167. The van der Waals surface area contributed by atoms with Gasteiger partial charge >= 0.3 is 0 Å². The van der Waals surface area contributed by atoms with Crippen LogP contribution in [0.1, 0.15) is 10.4 Å². The van der Waals surface area contributed by atoms with E-state index in [0.717, 1.165) is 32.8 Å². The molecule has 1 aromatic carbocycles. The van der Waals surface area contributed by atoms with Crippen LogP contribution in [0.15, 0.2) is 42.7 Å². The number of carbonyl (C=O) groups is 1. The molecule has 0 bridgehead atoms. The molecule has 150 valence electrons. The van der Waals surface area contributed by atoms with Gasteiger partial charge in [0.15, 0.2) is 5.65 Å². The van der Waals surface area contributed by atoms with Crippen molar-refractivity contribution in [3.05, 3.63) is 58.4 Å². The predicted molar refractivity (Wildman–Crippen MR) is 105 cm³/mol. The van der Waals surface area contributed by atoms with E-state index in [0.29, 0.717) is 28.8 Å². The smallest absolute Gasteiger partial charge is 0.288 e. The Kier molecular flexibility index (Phi) is 5.45. The number of benzene rings is 1. The minimum absolute atomic E-state index is 0.0922. The van der Waals surface area contributed by atoms with Crippen molar-refractivity contribution in [2.45, 2.75) is 0 Å². The van der Waals surface area contributed by atoms with Crippen LogP contribution in [0.4, 0.5) is 5.69 Å². The minimum atomic E-state index is -0.494. The van der Waals surface area contributed by atoms with Gasteiger partial charge < -0.3 is 10.1 Å². The van der Waals surface area contributed by atoms with Crippen LogP contribution in [0.2, 0.25) is 0 Å². The Morgan fingerprint density at radius 1 is 1.24 bits per heavy atom. The van der Waals surface area contributed by atoms with Crippen molar-refractivity contribution in [2.75, 3.05) is 39.4 Å². The first-order valence-electron chi connectivity index (χ1n) is 9.29. The number of nitro groups is 1. The van der Waals surface area contributed by atoms with E-state index in [1.807, 2.05) is 0 Å². The van der Waals surface area contributed by atoms with Gasteiger partial charge in [0.2, 0.25) is 0 Å². The fourth-order valence-corrected chi connectivity index (χ4v) is 3.23. The number of carbonyl (C=O) groups excluding carboxylic acids is 1. The number of fused-ring (bicyclic) bond motifs is 1. The largest absolute Gasteiger partial charge is 0.379 e. The van der Waals surface area contributed by atoms with Crippen LogP contribution < -0.4 is 5.32 Å². The molecule has 0 saturated carbocycles. The Bertz CT molecular complexity index is 1040. The zero-order valence-corrected chi connectivity index (χ0v) is 15.7. The Morgan fingerprint density at radius 3 is 2.86 bits per heavy atom. The second-order valence-electron chi connectivity index (χ2n) is 6.68. The second-order valence-corrected chi connectivity index (χ2v) is 6.68. The summed E-state index contributed by atoms with van der Waals surface area (Å²) in [6.45, 7) is 4.54. The molecular formula is C19H20N6O4. The van der Waals surface area contributed by atoms with Crippen molar-refractivity contribution in [2.24, 2.45) is 0 Å². The summed E-state index contributed by atoms with van der Waals surface area (Å²) in [6.07, 6.45) is 2.72. The van der Waals surface area contributed by atoms with Crippen LogP contribution in [0.25, 0.3) is 16.7 Å². The number of hydrogen-bond acceptors (Lipinski definition) is 7. The number of nitrogens with zero attached hydrogens (tertiary/aromatic N) is 5. The number of pyridine rings is 1. The van der Waals surface area contributed by atoms with Gasteiger partial charge in [-0.05, 0) is 18.2 Å². The normalized spacial score (nSPS) is 14.8. The molecule has 1 saturated heterocycles. The molecule has 1 aliphatic rings. The highest BCUT2D eigenvalue weighted by atomic mass is 16.6. The van der Waals surface area contributed by atoms with Crippen LogP contribution in [-0.2, 0) is 4.74 Å². The first-order chi connectivity index (χ1) is 14.1. The van der Waals surface area contributed by atoms with Crippen molar-refractivity contribution in [3.63, 3.8) is 0 Å². The first kappa shape index (κ1) is 19.0. The van der Waals surface area contributed by atoms with Gasteiger partial charge in [-0.3, -0.25) is 19.8 Å². The molecule has 10 heteroatoms. The van der Waals surface area contributed by atoms with Crippen molar-refractivity contribution in [1.29, 1.82) is 0 Å². The van der Waals surface area contributed by atoms with E-state index in [2.05, 4.69) is 20.3 Å². The third kappa shape index (κ3) is 4.23. The van der Waals surface area contributed by atoms with Crippen molar-refractivity contribution >= 4 is 22.6 Å². The number of amides is 1. The van der Waals surface area contributed by atoms with Crippen molar-refractivity contribution < 1.29 is 14.5 Å². The van der Waals surface area contributed by atoms with Gasteiger partial charge in [0.25, 0.3) is 11.6 Å². The fourth-order valence-electron chi connectivity index (χ4n) is 3.23. The monoisotopic (exact) mass is 396 g/mol. The molecule has 3 heterocycles. The molecule has 3 aromatic rings. The van der Waals surface area contributed by atoms with Gasteiger partial charge in [0, 0.05) is 43.2 Å². The molecule has 2 aromatic heterocycles.